The van der Waals surface area contributed by atoms with E-state index in [1.807, 2.05) is 30.3 Å². The van der Waals surface area contributed by atoms with Crippen molar-refractivity contribution in [2.24, 2.45) is 5.73 Å². The molecular formula is C13H11NO2S. The Kier molecular flexibility index (Phi) is 3.67. The molecule has 1 amide bonds. The summed E-state index contributed by atoms with van der Waals surface area (Å²) in [5.74, 6) is -0.0110. The second-order valence-corrected chi connectivity index (χ2v) is 4.14. The van der Waals surface area contributed by atoms with Gasteiger partial charge in [-0.15, -0.1) is 0 Å². The maximum absolute atomic E-state index is 11.2. The molecule has 0 radical (unpaired) electrons. The fourth-order valence-corrected chi connectivity index (χ4v) is 1.91. The van der Waals surface area contributed by atoms with Crippen molar-refractivity contribution >= 4 is 17.9 Å². The van der Waals surface area contributed by atoms with Crippen LogP contribution in [-0.4, -0.2) is 5.91 Å². The first-order chi connectivity index (χ1) is 8.27. The number of nitrogens with two attached hydrogens (primary N) is 1. The van der Waals surface area contributed by atoms with Crippen LogP contribution < -0.4 is 9.92 Å². The molecule has 2 aromatic carbocycles. The smallest absolute Gasteiger partial charge is 0.252 e. The van der Waals surface area contributed by atoms with E-state index in [9.17, 15) is 4.79 Å². The average Bonchev–Trinajstić information content (AvgIpc) is 2.38. The molecule has 0 aromatic heterocycles. The van der Waals surface area contributed by atoms with Gasteiger partial charge in [0, 0.05) is 4.90 Å². The molecule has 2 aromatic rings. The zero-order valence-corrected chi connectivity index (χ0v) is 9.81. The molecule has 0 bridgehead atoms. The lowest BCUT2D eigenvalue weighted by molar-refractivity contribution is 0.0999. The molecule has 0 atom stereocenters. The van der Waals surface area contributed by atoms with E-state index in [1.54, 1.807) is 24.3 Å². The van der Waals surface area contributed by atoms with Crippen LogP contribution in [0.4, 0.5) is 0 Å². The lowest BCUT2D eigenvalue weighted by Crippen LogP contribution is -2.11. The molecule has 0 saturated carbocycles. The molecule has 0 fully saturated rings. The Balaban J connectivity index is 2.12. The molecule has 2 N–H and O–H groups in total. The fraction of sp³-hybridized carbons (Fsp3) is 0. The summed E-state index contributed by atoms with van der Waals surface area (Å²) in [5, 5.41) is 0. The predicted octanol–water partition coefficient (Wildman–Crippen LogP) is 2.87. The summed E-state index contributed by atoms with van der Waals surface area (Å²) in [7, 11) is 0. The number of para-hydroxylation sites is 1. The van der Waals surface area contributed by atoms with Crippen LogP contribution in [-0.2, 0) is 0 Å². The van der Waals surface area contributed by atoms with Gasteiger partial charge in [0.1, 0.15) is 0 Å². The van der Waals surface area contributed by atoms with E-state index in [0.717, 1.165) is 4.90 Å². The lowest BCUT2D eigenvalue weighted by atomic mass is 10.2. The van der Waals surface area contributed by atoms with Crippen molar-refractivity contribution in [2.75, 3.05) is 0 Å². The Bertz CT molecular complexity index is 514. The van der Waals surface area contributed by atoms with E-state index in [2.05, 4.69) is 0 Å². The molecule has 0 heterocycles. The van der Waals surface area contributed by atoms with Gasteiger partial charge in [0.2, 0.25) is 0 Å². The van der Waals surface area contributed by atoms with Gasteiger partial charge in [-0.05, 0) is 24.3 Å². The van der Waals surface area contributed by atoms with Crippen molar-refractivity contribution in [1.29, 1.82) is 0 Å². The molecular weight excluding hydrogens is 234 g/mol. The minimum absolute atomic E-state index is 0.385. The third-order valence-corrected chi connectivity index (χ3v) is 2.85. The van der Waals surface area contributed by atoms with E-state index in [1.165, 1.54) is 12.0 Å². The molecule has 0 unspecified atom stereocenters. The number of rotatable bonds is 4. The summed E-state index contributed by atoms with van der Waals surface area (Å²) in [5.41, 5.74) is 5.64. The monoisotopic (exact) mass is 245 g/mol. The van der Waals surface area contributed by atoms with E-state index < -0.39 is 5.91 Å². The van der Waals surface area contributed by atoms with Crippen LogP contribution in [0.15, 0.2) is 59.5 Å². The summed E-state index contributed by atoms with van der Waals surface area (Å²) in [6.45, 7) is 0. The van der Waals surface area contributed by atoms with Crippen molar-refractivity contribution in [3.05, 3.63) is 60.2 Å². The minimum Gasteiger partial charge on any atom is -0.420 e. The molecule has 0 aliphatic rings. The molecule has 0 aliphatic carbocycles. The second kappa shape index (κ2) is 5.41. The number of hydrogen-bond donors (Lipinski definition) is 1. The van der Waals surface area contributed by atoms with Crippen molar-refractivity contribution in [3.63, 3.8) is 0 Å². The zero-order valence-electron chi connectivity index (χ0n) is 9.00. The number of carbonyl (C=O) groups is 1. The maximum atomic E-state index is 11.2. The SMILES string of the molecule is NC(=O)c1ccccc1OSc1ccccc1. The first-order valence-corrected chi connectivity index (χ1v) is 5.80. The van der Waals surface area contributed by atoms with Gasteiger partial charge in [-0.25, -0.2) is 0 Å². The van der Waals surface area contributed by atoms with Crippen LogP contribution in [0.3, 0.4) is 0 Å². The minimum atomic E-state index is -0.491. The van der Waals surface area contributed by atoms with Crippen LogP contribution in [0.1, 0.15) is 10.4 Å². The van der Waals surface area contributed by atoms with Crippen molar-refractivity contribution in [2.45, 2.75) is 4.90 Å². The fourth-order valence-electron chi connectivity index (χ4n) is 1.31. The summed E-state index contributed by atoms with van der Waals surface area (Å²) < 4.78 is 5.50. The first kappa shape index (κ1) is 11.5. The van der Waals surface area contributed by atoms with Gasteiger partial charge in [0.15, 0.2) is 5.75 Å². The Morgan fingerprint density at radius 2 is 1.65 bits per heavy atom. The van der Waals surface area contributed by atoms with Crippen molar-refractivity contribution in [1.82, 2.24) is 0 Å². The highest BCUT2D eigenvalue weighted by Gasteiger charge is 2.08. The van der Waals surface area contributed by atoms with Crippen molar-refractivity contribution < 1.29 is 8.98 Å². The van der Waals surface area contributed by atoms with Crippen LogP contribution in [0.25, 0.3) is 0 Å². The Hall–Kier alpha value is -1.94. The Labute approximate surface area is 104 Å². The van der Waals surface area contributed by atoms with Gasteiger partial charge in [0.05, 0.1) is 17.6 Å². The molecule has 4 heteroatoms. The highest BCUT2D eigenvalue weighted by atomic mass is 32.2. The number of primary amides is 1. The lowest BCUT2D eigenvalue weighted by Gasteiger charge is -2.06. The van der Waals surface area contributed by atoms with Gasteiger partial charge in [-0.2, -0.15) is 0 Å². The van der Waals surface area contributed by atoms with Crippen LogP contribution in [0, 0.1) is 0 Å². The van der Waals surface area contributed by atoms with Crippen LogP contribution in [0.5, 0.6) is 5.75 Å². The van der Waals surface area contributed by atoms with E-state index in [4.69, 9.17) is 9.92 Å². The summed E-state index contributed by atoms with van der Waals surface area (Å²) in [6.07, 6.45) is 0. The number of carbonyl (C=O) groups excluding carboxylic acids is 1. The largest absolute Gasteiger partial charge is 0.420 e. The van der Waals surface area contributed by atoms with Gasteiger partial charge < -0.3 is 9.92 Å². The van der Waals surface area contributed by atoms with Crippen LogP contribution >= 0.6 is 12.0 Å². The highest BCUT2D eigenvalue weighted by Crippen LogP contribution is 2.26. The zero-order chi connectivity index (χ0) is 12.1. The van der Waals surface area contributed by atoms with E-state index in [-0.39, 0.29) is 0 Å². The summed E-state index contributed by atoms with van der Waals surface area (Å²) in [6, 6.07) is 16.5. The quantitative estimate of drug-likeness (QED) is 0.843. The number of benzene rings is 2. The molecule has 2 rings (SSSR count). The topological polar surface area (TPSA) is 52.3 Å². The molecule has 0 aliphatic heterocycles. The van der Waals surface area contributed by atoms with Gasteiger partial charge >= 0.3 is 0 Å². The molecule has 17 heavy (non-hydrogen) atoms. The first-order valence-electron chi connectivity index (χ1n) is 5.06. The third kappa shape index (κ3) is 3.01. The van der Waals surface area contributed by atoms with Gasteiger partial charge in [0.25, 0.3) is 5.91 Å². The second-order valence-electron chi connectivity index (χ2n) is 3.34. The van der Waals surface area contributed by atoms with Crippen molar-refractivity contribution in [3.8, 4) is 5.75 Å². The Morgan fingerprint density at radius 3 is 2.35 bits per heavy atom. The summed E-state index contributed by atoms with van der Waals surface area (Å²) in [4.78, 5) is 12.1. The highest BCUT2D eigenvalue weighted by molar-refractivity contribution is 7.95. The Morgan fingerprint density at radius 1 is 1.00 bits per heavy atom. The predicted molar refractivity (Wildman–Crippen MR) is 67.9 cm³/mol. The molecule has 0 spiro atoms. The van der Waals surface area contributed by atoms with Crippen LogP contribution in [0.2, 0.25) is 0 Å². The van der Waals surface area contributed by atoms with Gasteiger partial charge in [-0.1, -0.05) is 30.3 Å². The third-order valence-electron chi connectivity index (χ3n) is 2.12. The van der Waals surface area contributed by atoms with Gasteiger partial charge in [-0.3, -0.25) is 4.79 Å². The molecule has 0 saturated heterocycles. The average molecular weight is 245 g/mol. The van der Waals surface area contributed by atoms with E-state index in [0.29, 0.717) is 11.3 Å². The summed E-state index contributed by atoms with van der Waals surface area (Å²) >= 11 is 1.20. The molecule has 86 valence electrons. The number of hydrogen-bond acceptors (Lipinski definition) is 3. The standard InChI is InChI=1S/C13H11NO2S/c14-13(15)11-8-4-5-9-12(11)16-17-10-6-2-1-3-7-10/h1-9H,(H2,14,15). The normalized spacial score (nSPS) is 9.88. The maximum Gasteiger partial charge on any atom is 0.252 e. The molecule has 3 nitrogen and oxygen atoms in total. The number of amides is 1. The van der Waals surface area contributed by atoms with E-state index >= 15 is 0 Å².